The Kier molecular flexibility index (Phi) is 6.15. The maximum atomic E-state index is 10.7. The van der Waals surface area contributed by atoms with Crippen LogP contribution in [0.4, 0.5) is 4.79 Å². The molecule has 0 spiro atoms. The molecule has 0 saturated heterocycles. The van der Waals surface area contributed by atoms with Gasteiger partial charge in [0.25, 0.3) is 5.19 Å². The Morgan fingerprint density at radius 2 is 1.65 bits per heavy atom. The number of hydrogen-bond donors (Lipinski definition) is 2. The SMILES string of the molecule is CC(C)(c1ccc(Oc2nnc(Br)s2)cc1)c1ccc(OC2CC(NC(=O)O)C2)cc1. The Hall–Kier alpha value is -2.65. The first-order valence-electron chi connectivity index (χ1n) is 9.83. The Bertz CT molecular complexity index is 1050. The van der Waals surface area contributed by atoms with E-state index >= 15 is 0 Å². The van der Waals surface area contributed by atoms with Gasteiger partial charge in [-0.3, -0.25) is 0 Å². The molecule has 31 heavy (non-hydrogen) atoms. The number of hydrogen-bond acceptors (Lipinski definition) is 6. The van der Waals surface area contributed by atoms with Crippen molar-refractivity contribution < 1.29 is 19.4 Å². The number of nitrogens with zero attached hydrogens (tertiary/aromatic N) is 2. The molecule has 9 heteroatoms. The smallest absolute Gasteiger partial charge is 0.404 e. The van der Waals surface area contributed by atoms with Gasteiger partial charge in [-0.05, 0) is 62.7 Å². The molecule has 3 aromatic rings. The molecule has 1 amide bonds. The summed E-state index contributed by atoms with van der Waals surface area (Å²) in [5, 5.41) is 19.5. The van der Waals surface area contributed by atoms with Crippen LogP contribution in [0.25, 0.3) is 0 Å². The van der Waals surface area contributed by atoms with Crippen molar-refractivity contribution in [3.8, 4) is 16.7 Å². The highest BCUT2D eigenvalue weighted by molar-refractivity contribution is 9.11. The van der Waals surface area contributed by atoms with E-state index in [1.54, 1.807) is 0 Å². The third kappa shape index (κ3) is 5.16. The van der Waals surface area contributed by atoms with Crippen LogP contribution < -0.4 is 14.8 Å². The summed E-state index contributed by atoms with van der Waals surface area (Å²) in [5.41, 5.74) is 2.13. The van der Waals surface area contributed by atoms with Crippen LogP contribution in [-0.2, 0) is 5.41 Å². The summed E-state index contributed by atoms with van der Waals surface area (Å²) in [6.45, 7) is 4.35. The third-order valence-electron chi connectivity index (χ3n) is 5.46. The Balaban J connectivity index is 1.37. The molecule has 1 aliphatic rings. The fraction of sp³-hybridized carbons (Fsp3) is 0.318. The zero-order valence-corrected chi connectivity index (χ0v) is 19.4. The van der Waals surface area contributed by atoms with E-state index in [1.165, 1.54) is 16.9 Å². The van der Waals surface area contributed by atoms with Gasteiger partial charge in [-0.15, -0.1) is 5.10 Å². The average molecular weight is 504 g/mol. The molecular weight excluding hydrogens is 482 g/mol. The summed E-state index contributed by atoms with van der Waals surface area (Å²) in [7, 11) is 0. The van der Waals surface area contributed by atoms with Gasteiger partial charge in [0.15, 0.2) is 3.92 Å². The first-order chi connectivity index (χ1) is 14.8. The minimum Gasteiger partial charge on any atom is -0.490 e. The van der Waals surface area contributed by atoms with Gasteiger partial charge in [0.2, 0.25) is 0 Å². The van der Waals surface area contributed by atoms with Crippen molar-refractivity contribution in [2.75, 3.05) is 0 Å². The number of carbonyl (C=O) groups is 1. The quantitative estimate of drug-likeness (QED) is 0.436. The maximum absolute atomic E-state index is 10.7. The van der Waals surface area contributed by atoms with Crippen LogP contribution in [0.3, 0.4) is 0 Å². The molecule has 1 aliphatic carbocycles. The number of aromatic nitrogens is 2. The van der Waals surface area contributed by atoms with Crippen LogP contribution in [0.2, 0.25) is 0 Å². The normalized spacial score (nSPS) is 18.2. The highest BCUT2D eigenvalue weighted by Gasteiger charge is 2.32. The predicted molar refractivity (Wildman–Crippen MR) is 121 cm³/mol. The van der Waals surface area contributed by atoms with Crippen LogP contribution in [0, 0.1) is 0 Å². The number of benzene rings is 2. The lowest BCUT2D eigenvalue weighted by Gasteiger charge is -2.35. The lowest BCUT2D eigenvalue weighted by molar-refractivity contribution is 0.0833. The molecule has 7 nitrogen and oxygen atoms in total. The minimum absolute atomic E-state index is 0.0129. The number of nitrogens with one attached hydrogen (secondary N) is 1. The van der Waals surface area contributed by atoms with Crippen LogP contribution in [0.15, 0.2) is 52.4 Å². The molecule has 0 bridgehead atoms. The molecule has 2 aromatic carbocycles. The summed E-state index contributed by atoms with van der Waals surface area (Å²) < 4.78 is 12.4. The van der Waals surface area contributed by atoms with E-state index in [9.17, 15) is 4.79 Å². The van der Waals surface area contributed by atoms with E-state index in [4.69, 9.17) is 14.6 Å². The van der Waals surface area contributed by atoms with Crippen molar-refractivity contribution in [2.45, 2.75) is 44.2 Å². The van der Waals surface area contributed by atoms with Gasteiger partial charge in [-0.25, -0.2) is 4.79 Å². The molecule has 1 aromatic heterocycles. The molecule has 1 heterocycles. The predicted octanol–water partition coefficient (Wildman–Crippen LogP) is 5.60. The number of ether oxygens (including phenoxy) is 2. The molecule has 0 unspecified atom stereocenters. The molecule has 0 radical (unpaired) electrons. The van der Waals surface area contributed by atoms with Gasteiger partial charge in [0.1, 0.15) is 17.6 Å². The van der Waals surface area contributed by atoms with E-state index in [-0.39, 0.29) is 17.6 Å². The van der Waals surface area contributed by atoms with E-state index in [2.05, 4.69) is 69.6 Å². The van der Waals surface area contributed by atoms with E-state index in [1.807, 2.05) is 24.3 Å². The average Bonchev–Trinajstić information content (AvgIpc) is 3.11. The summed E-state index contributed by atoms with van der Waals surface area (Å²) in [5.74, 6) is 1.51. The van der Waals surface area contributed by atoms with Gasteiger partial charge in [-0.2, -0.15) is 0 Å². The van der Waals surface area contributed by atoms with E-state index < -0.39 is 6.09 Å². The molecule has 162 valence electrons. The second-order valence-corrected chi connectivity index (χ2v) is 10.2. The molecule has 0 aliphatic heterocycles. The van der Waals surface area contributed by atoms with Crippen molar-refractivity contribution in [3.63, 3.8) is 0 Å². The highest BCUT2D eigenvalue weighted by Crippen LogP contribution is 2.35. The topological polar surface area (TPSA) is 93.6 Å². The lowest BCUT2D eigenvalue weighted by Crippen LogP contribution is -2.48. The van der Waals surface area contributed by atoms with Crippen LogP contribution in [-0.4, -0.2) is 33.5 Å². The van der Waals surface area contributed by atoms with Gasteiger partial charge in [-0.1, -0.05) is 43.2 Å². The van der Waals surface area contributed by atoms with Gasteiger partial charge < -0.3 is 19.9 Å². The van der Waals surface area contributed by atoms with Crippen LogP contribution in [0.1, 0.15) is 37.8 Å². The second kappa shape index (κ2) is 8.84. The van der Waals surface area contributed by atoms with Gasteiger partial charge in [0, 0.05) is 24.3 Å². The monoisotopic (exact) mass is 503 g/mol. The molecule has 4 rings (SSSR count). The number of halogens is 1. The highest BCUT2D eigenvalue weighted by atomic mass is 79.9. The van der Waals surface area contributed by atoms with E-state index in [0.29, 0.717) is 27.7 Å². The molecule has 1 saturated carbocycles. The van der Waals surface area contributed by atoms with Crippen molar-refractivity contribution in [3.05, 3.63) is 63.6 Å². The molecule has 1 fully saturated rings. The first-order valence-corrected chi connectivity index (χ1v) is 11.4. The zero-order valence-electron chi connectivity index (χ0n) is 17.0. The minimum atomic E-state index is -0.983. The maximum Gasteiger partial charge on any atom is 0.404 e. The fourth-order valence-corrected chi connectivity index (χ4v) is 4.48. The standard InChI is InChI=1S/C22H22BrN3O4S/c1-22(2,14-5-9-17(10-6-14)30-21-26-25-19(23)31-21)13-3-7-16(8-4-13)29-18-11-15(12-18)24-20(27)28/h3-10,15,18,24H,11-12H2,1-2H3,(H,27,28). The molecular formula is C22H22BrN3O4S. The first kappa shape index (κ1) is 21.6. The van der Waals surface area contributed by atoms with Crippen molar-refractivity contribution in [1.82, 2.24) is 15.5 Å². The lowest BCUT2D eigenvalue weighted by atomic mass is 9.78. The number of rotatable bonds is 7. The Morgan fingerprint density at radius 1 is 1.06 bits per heavy atom. The second-order valence-electron chi connectivity index (χ2n) is 7.95. The summed E-state index contributed by atoms with van der Waals surface area (Å²) in [6.07, 6.45) is 0.462. The van der Waals surface area contributed by atoms with Crippen LogP contribution >= 0.6 is 27.3 Å². The van der Waals surface area contributed by atoms with Crippen molar-refractivity contribution >= 4 is 33.4 Å². The molecule has 2 N–H and O–H groups in total. The largest absolute Gasteiger partial charge is 0.490 e. The van der Waals surface area contributed by atoms with Crippen molar-refractivity contribution in [2.24, 2.45) is 0 Å². The summed E-state index contributed by atoms with van der Waals surface area (Å²) in [4.78, 5) is 10.7. The van der Waals surface area contributed by atoms with Gasteiger partial charge in [0.05, 0.1) is 0 Å². The van der Waals surface area contributed by atoms with Gasteiger partial charge >= 0.3 is 6.09 Å². The molecule has 0 atom stereocenters. The summed E-state index contributed by atoms with van der Waals surface area (Å²) in [6, 6.07) is 16.1. The van der Waals surface area contributed by atoms with E-state index in [0.717, 1.165) is 11.3 Å². The van der Waals surface area contributed by atoms with Crippen molar-refractivity contribution in [1.29, 1.82) is 0 Å². The van der Waals surface area contributed by atoms with Crippen LogP contribution in [0.5, 0.6) is 16.7 Å². The number of amides is 1. The zero-order chi connectivity index (χ0) is 22.0. The summed E-state index contributed by atoms with van der Waals surface area (Å²) >= 11 is 4.61. The Morgan fingerprint density at radius 3 is 2.16 bits per heavy atom. The third-order valence-corrected chi connectivity index (χ3v) is 6.70. The number of carboxylic acid groups (broad SMARTS) is 1. The fourth-order valence-electron chi connectivity index (χ4n) is 3.54. The Labute approximate surface area is 192 Å².